The Bertz CT molecular complexity index is 472. The number of Topliss-reactive ketones (excluding diaryl/α,β-unsaturated/α-hetero) is 1. The summed E-state index contributed by atoms with van der Waals surface area (Å²) >= 11 is 9.47. The van der Waals surface area contributed by atoms with E-state index in [0.29, 0.717) is 17.0 Å². The first-order valence-corrected chi connectivity index (χ1v) is 8.40. The molecule has 0 N–H and O–H groups in total. The van der Waals surface area contributed by atoms with E-state index < -0.39 is 0 Å². The summed E-state index contributed by atoms with van der Waals surface area (Å²) in [6.07, 6.45) is 5.95. The molecule has 0 unspecified atom stereocenters. The number of ketones is 1. The van der Waals surface area contributed by atoms with Gasteiger partial charge in [0.05, 0.1) is 5.02 Å². The third-order valence-electron chi connectivity index (χ3n) is 4.00. The predicted molar refractivity (Wildman–Crippen MR) is 87.6 cm³/mol. The molecule has 0 radical (unpaired) electrons. The molecule has 0 aliphatic heterocycles. The zero-order valence-corrected chi connectivity index (χ0v) is 14.2. The van der Waals surface area contributed by atoms with Crippen LogP contribution in [0.15, 0.2) is 22.7 Å². The zero-order chi connectivity index (χ0) is 14.5. The molecule has 4 heteroatoms. The maximum absolute atomic E-state index is 12.2. The van der Waals surface area contributed by atoms with Gasteiger partial charge >= 0.3 is 0 Å². The van der Waals surface area contributed by atoms with Crippen LogP contribution in [0.1, 0.15) is 42.5 Å². The largest absolute Gasteiger partial charge is 0.306 e. The molecule has 1 aromatic carbocycles. The summed E-state index contributed by atoms with van der Waals surface area (Å²) in [7, 11) is 2.11. The summed E-state index contributed by atoms with van der Waals surface area (Å²) < 4.78 is 0.900. The lowest BCUT2D eigenvalue weighted by atomic mass is 10.1. The SMILES string of the molecule is CN(CCC(=O)c1ccc(Br)cc1Cl)CC1CCCC1. The Morgan fingerprint density at radius 3 is 2.75 bits per heavy atom. The van der Waals surface area contributed by atoms with Crippen LogP contribution in [-0.4, -0.2) is 30.8 Å². The van der Waals surface area contributed by atoms with Gasteiger partial charge in [-0.25, -0.2) is 0 Å². The van der Waals surface area contributed by atoms with Crippen molar-refractivity contribution in [2.24, 2.45) is 5.92 Å². The van der Waals surface area contributed by atoms with Crippen molar-refractivity contribution in [3.63, 3.8) is 0 Å². The summed E-state index contributed by atoms with van der Waals surface area (Å²) in [5.41, 5.74) is 0.629. The van der Waals surface area contributed by atoms with Crippen molar-refractivity contribution < 1.29 is 4.79 Å². The van der Waals surface area contributed by atoms with Crippen LogP contribution in [0.25, 0.3) is 0 Å². The number of carbonyl (C=O) groups excluding carboxylic acids is 1. The Labute approximate surface area is 134 Å². The highest BCUT2D eigenvalue weighted by Gasteiger charge is 2.17. The van der Waals surface area contributed by atoms with Gasteiger partial charge in [-0.3, -0.25) is 4.79 Å². The van der Waals surface area contributed by atoms with Crippen molar-refractivity contribution in [2.75, 3.05) is 20.1 Å². The van der Waals surface area contributed by atoms with Gasteiger partial charge in [0.15, 0.2) is 5.78 Å². The molecule has 0 heterocycles. The molecule has 1 fully saturated rings. The molecule has 1 aromatic rings. The Kier molecular flexibility index (Phi) is 6.06. The lowest BCUT2D eigenvalue weighted by molar-refractivity contribution is 0.0966. The van der Waals surface area contributed by atoms with E-state index >= 15 is 0 Å². The van der Waals surface area contributed by atoms with Crippen LogP contribution in [0, 0.1) is 5.92 Å². The molecule has 1 aliphatic carbocycles. The quantitative estimate of drug-likeness (QED) is 0.681. The predicted octanol–water partition coefficient (Wildman–Crippen LogP) is 4.80. The fraction of sp³-hybridized carbons (Fsp3) is 0.562. The second kappa shape index (κ2) is 7.58. The van der Waals surface area contributed by atoms with Crippen LogP contribution in [0.3, 0.4) is 0 Å². The second-order valence-electron chi connectivity index (χ2n) is 5.71. The first-order valence-electron chi connectivity index (χ1n) is 7.23. The van der Waals surface area contributed by atoms with E-state index in [2.05, 4.69) is 27.9 Å². The van der Waals surface area contributed by atoms with Gasteiger partial charge in [-0.2, -0.15) is 0 Å². The lowest BCUT2D eigenvalue weighted by Gasteiger charge is -2.20. The number of halogens is 2. The van der Waals surface area contributed by atoms with Crippen LogP contribution >= 0.6 is 27.5 Å². The maximum Gasteiger partial charge on any atom is 0.165 e. The van der Waals surface area contributed by atoms with Gasteiger partial charge in [0.2, 0.25) is 0 Å². The van der Waals surface area contributed by atoms with Gasteiger partial charge in [0, 0.05) is 29.5 Å². The summed E-state index contributed by atoms with van der Waals surface area (Å²) in [6.45, 7) is 1.92. The Balaban J connectivity index is 1.81. The summed E-state index contributed by atoms with van der Waals surface area (Å²) in [4.78, 5) is 14.5. The molecule has 2 rings (SSSR count). The van der Waals surface area contributed by atoms with Gasteiger partial charge in [-0.05, 0) is 44.0 Å². The normalized spacial score (nSPS) is 16.0. The fourth-order valence-corrected chi connectivity index (χ4v) is 3.65. The van der Waals surface area contributed by atoms with Crippen LogP contribution in [-0.2, 0) is 0 Å². The Morgan fingerprint density at radius 2 is 2.10 bits per heavy atom. The first-order chi connectivity index (χ1) is 9.56. The van der Waals surface area contributed by atoms with Gasteiger partial charge < -0.3 is 4.90 Å². The number of benzene rings is 1. The molecular formula is C16H21BrClNO. The van der Waals surface area contributed by atoms with Gasteiger partial charge in [-0.15, -0.1) is 0 Å². The molecule has 0 spiro atoms. The number of hydrogen-bond donors (Lipinski definition) is 0. The van der Waals surface area contributed by atoms with Crippen molar-refractivity contribution in [2.45, 2.75) is 32.1 Å². The number of carbonyl (C=O) groups is 1. The van der Waals surface area contributed by atoms with Crippen LogP contribution < -0.4 is 0 Å². The highest BCUT2D eigenvalue weighted by atomic mass is 79.9. The first kappa shape index (κ1) is 16.0. The third-order valence-corrected chi connectivity index (χ3v) is 4.80. The Morgan fingerprint density at radius 1 is 1.40 bits per heavy atom. The molecule has 1 aliphatic rings. The molecule has 110 valence electrons. The molecular weight excluding hydrogens is 338 g/mol. The van der Waals surface area contributed by atoms with E-state index in [4.69, 9.17) is 11.6 Å². The van der Waals surface area contributed by atoms with E-state index in [-0.39, 0.29) is 5.78 Å². The van der Waals surface area contributed by atoms with Gasteiger partial charge in [0.25, 0.3) is 0 Å². The number of hydrogen-bond acceptors (Lipinski definition) is 2. The molecule has 2 nitrogen and oxygen atoms in total. The Hall–Kier alpha value is -0.380. The van der Waals surface area contributed by atoms with E-state index in [1.165, 1.54) is 25.7 Å². The molecule has 1 saturated carbocycles. The smallest absolute Gasteiger partial charge is 0.165 e. The van der Waals surface area contributed by atoms with Gasteiger partial charge in [-0.1, -0.05) is 40.4 Å². The number of rotatable bonds is 6. The average molecular weight is 359 g/mol. The highest BCUT2D eigenvalue weighted by Crippen LogP contribution is 2.25. The van der Waals surface area contributed by atoms with Crippen molar-refractivity contribution in [1.29, 1.82) is 0 Å². The van der Waals surface area contributed by atoms with Crippen molar-refractivity contribution >= 4 is 33.3 Å². The molecule has 0 amide bonds. The van der Waals surface area contributed by atoms with Crippen LogP contribution in [0.4, 0.5) is 0 Å². The lowest BCUT2D eigenvalue weighted by Crippen LogP contribution is -2.27. The van der Waals surface area contributed by atoms with E-state index in [1.807, 2.05) is 6.07 Å². The monoisotopic (exact) mass is 357 g/mol. The highest BCUT2D eigenvalue weighted by molar-refractivity contribution is 9.10. The van der Waals surface area contributed by atoms with E-state index in [9.17, 15) is 4.79 Å². The topological polar surface area (TPSA) is 20.3 Å². The minimum absolute atomic E-state index is 0.126. The van der Waals surface area contributed by atoms with Crippen LogP contribution in [0.5, 0.6) is 0 Å². The maximum atomic E-state index is 12.2. The molecule has 20 heavy (non-hydrogen) atoms. The number of nitrogens with zero attached hydrogens (tertiary/aromatic N) is 1. The molecule has 0 bridgehead atoms. The molecule has 0 saturated heterocycles. The van der Waals surface area contributed by atoms with E-state index in [0.717, 1.165) is 23.5 Å². The van der Waals surface area contributed by atoms with Crippen molar-refractivity contribution in [3.05, 3.63) is 33.3 Å². The minimum Gasteiger partial charge on any atom is -0.306 e. The molecule has 0 aromatic heterocycles. The molecule has 0 atom stereocenters. The third kappa shape index (κ3) is 4.57. The standard InChI is InChI=1S/C16H21BrClNO/c1-19(11-12-4-2-3-5-12)9-8-16(20)14-7-6-13(17)10-15(14)18/h6-7,10,12H,2-5,8-9,11H2,1H3. The average Bonchev–Trinajstić information content (AvgIpc) is 2.89. The van der Waals surface area contributed by atoms with Crippen LogP contribution in [0.2, 0.25) is 5.02 Å². The summed E-state index contributed by atoms with van der Waals surface area (Å²) in [6, 6.07) is 5.43. The second-order valence-corrected chi connectivity index (χ2v) is 7.03. The van der Waals surface area contributed by atoms with Crippen molar-refractivity contribution in [3.8, 4) is 0 Å². The zero-order valence-electron chi connectivity index (χ0n) is 11.9. The fourth-order valence-electron chi connectivity index (χ4n) is 2.87. The van der Waals surface area contributed by atoms with E-state index in [1.54, 1.807) is 12.1 Å². The minimum atomic E-state index is 0.126. The van der Waals surface area contributed by atoms with Crippen molar-refractivity contribution in [1.82, 2.24) is 4.90 Å². The summed E-state index contributed by atoms with van der Waals surface area (Å²) in [5.74, 6) is 0.951. The summed E-state index contributed by atoms with van der Waals surface area (Å²) in [5, 5.41) is 0.530. The van der Waals surface area contributed by atoms with Gasteiger partial charge in [0.1, 0.15) is 0 Å².